The van der Waals surface area contributed by atoms with Gasteiger partial charge < -0.3 is 10.6 Å². The Labute approximate surface area is 117 Å². The van der Waals surface area contributed by atoms with E-state index >= 15 is 0 Å². The molecule has 2 N–H and O–H groups in total. The van der Waals surface area contributed by atoms with E-state index in [2.05, 4.69) is 0 Å². The Balaban J connectivity index is 0.00000180. The number of halogens is 1. The molecule has 7 heteroatoms. The maximum absolute atomic E-state index is 12.1. The number of amides is 1. The van der Waals surface area contributed by atoms with Crippen molar-refractivity contribution in [3.63, 3.8) is 0 Å². The Morgan fingerprint density at radius 3 is 2.68 bits per heavy atom. The van der Waals surface area contributed by atoms with Gasteiger partial charge in [-0.25, -0.2) is 0 Å². The van der Waals surface area contributed by atoms with Gasteiger partial charge in [0.05, 0.1) is 4.92 Å². The van der Waals surface area contributed by atoms with Crippen LogP contribution in [0.2, 0.25) is 0 Å². The SMILES string of the molecule is Cc1cc(C(=O)N2CCC(N)C2)ccc1[N+](=O)[O-].Cl. The van der Waals surface area contributed by atoms with Crippen LogP contribution in [0, 0.1) is 17.0 Å². The number of nitrogens with two attached hydrogens (primary N) is 1. The average Bonchev–Trinajstić information content (AvgIpc) is 2.74. The Morgan fingerprint density at radius 2 is 2.21 bits per heavy atom. The highest BCUT2D eigenvalue weighted by molar-refractivity contribution is 5.95. The zero-order chi connectivity index (χ0) is 13.3. The number of carbonyl (C=O) groups is 1. The summed E-state index contributed by atoms with van der Waals surface area (Å²) in [6, 6.07) is 4.47. The number of likely N-dealkylation sites (tertiary alicyclic amines) is 1. The van der Waals surface area contributed by atoms with Crippen LogP contribution in [-0.4, -0.2) is 34.9 Å². The van der Waals surface area contributed by atoms with Gasteiger partial charge in [-0.2, -0.15) is 0 Å². The monoisotopic (exact) mass is 285 g/mol. The van der Waals surface area contributed by atoms with E-state index in [1.54, 1.807) is 17.9 Å². The second kappa shape index (κ2) is 5.99. The maximum Gasteiger partial charge on any atom is 0.272 e. The van der Waals surface area contributed by atoms with Crippen LogP contribution in [0.15, 0.2) is 18.2 Å². The van der Waals surface area contributed by atoms with Crippen LogP contribution in [0.4, 0.5) is 5.69 Å². The van der Waals surface area contributed by atoms with Crippen molar-refractivity contribution < 1.29 is 9.72 Å². The molecule has 1 aliphatic rings. The molecule has 0 saturated carbocycles. The van der Waals surface area contributed by atoms with E-state index in [9.17, 15) is 14.9 Å². The van der Waals surface area contributed by atoms with Gasteiger partial charge in [0.25, 0.3) is 11.6 Å². The third-order valence-electron chi connectivity index (χ3n) is 3.15. The molecule has 1 saturated heterocycles. The minimum atomic E-state index is -0.449. The molecular formula is C12H16ClN3O3. The number of nitrogens with zero attached hydrogens (tertiary/aromatic N) is 2. The second-order valence-electron chi connectivity index (χ2n) is 4.56. The molecule has 104 valence electrons. The van der Waals surface area contributed by atoms with E-state index in [4.69, 9.17) is 5.73 Å². The minimum Gasteiger partial charge on any atom is -0.337 e. The van der Waals surface area contributed by atoms with Crippen LogP contribution >= 0.6 is 12.4 Å². The van der Waals surface area contributed by atoms with Crippen molar-refractivity contribution in [3.8, 4) is 0 Å². The summed E-state index contributed by atoms with van der Waals surface area (Å²) in [7, 11) is 0. The molecule has 0 aliphatic carbocycles. The van der Waals surface area contributed by atoms with Gasteiger partial charge in [-0.05, 0) is 25.5 Å². The second-order valence-corrected chi connectivity index (χ2v) is 4.56. The van der Waals surface area contributed by atoms with Crippen molar-refractivity contribution in [3.05, 3.63) is 39.4 Å². The van der Waals surface area contributed by atoms with Crippen LogP contribution in [0.5, 0.6) is 0 Å². The van der Waals surface area contributed by atoms with Crippen molar-refractivity contribution in [2.75, 3.05) is 13.1 Å². The topological polar surface area (TPSA) is 89.5 Å². The first kappa shape index (κ1) is 15.4. The molecule has 1 heterocycles. The minimum absolute atomic E-state index is 0. The molecule has 1 fully saturated rings. The van der Waals surface area contributed by atoms with Gasteiger partial charge in [-0.1, -0.05) is 0 Å². The lowest BCUT2D eigenvalue weighted by Crippen LogP contribution is -2.31. The molecule has 19 heavy (non-hydrogen) atoms. The summed E-state index contributed by atoms with van der Waals surface area (Å²) >= 11 is 0. The maximum atomic E-state index is 12.1. The highest BCUT2D eigenvalue weighted by Gasteiger charge is 2.25. The molecule has 0 spiro atoms. The van der Waals surface area contributed by atoms with Gasteiger partial charge in [0.2, 0.25) is 0 Å². The summed E-state index contributed by atoms with van der Waals surface area (Å²) < 4.78 is 0. The smallest absolute Gasteiger partial charge is 0.272 e. The van der Waals surface area contributed by atoms with E-state index in [1.165, 1.54) is 12.1 Å². The number of carbonyl (C=O) groups excluding carboxylic acids is 1. The van der Waals surface area contributed by atoms with E-state index in [0.29, 0.717) is 24.2 Å². The van der Waals surface area contributed by atoms with Crippen molar-refractivity contribution >= 4 is 24.0 Å². The molecule has 0 aromatic heterocycles. The van der Waals surface area contributed by atoms with Crippen LogP contribution in [0.25, 0.3) is 0 Å². The summed E-state index contributed by atoms with van der Waals surface area (Å²) in [5.41, 5.74) is 6.76. The number of hydrogen-bond donors (Lipinski definition) is 1. The highest BCUT2D eigenvalue weighted by Crippen LogP contribution is 2.20. The van der Waals surface area contributed by atoms with E-state index in [-0.39, 0.29) is 30.0 Å². The van der Waals surface area contributed by atoms with Crippen molar-refractivity contribution in [2.45, 2.75) is 19.4 Å². The van der Waals surface area contributed by atoms with Gasteiger partial charge in [0, 0.05) is 36.3 Å². The van der Waals surface area contributed by atoms with Gasteiger partial charge in [-0.15, -0.1) is 12.4 Å². The van der Waals surface area contributed by atoms with Gasteiger partial charge in [0.15, 0.2) is 0 Å². The number of benzene rings is 1. The Hall–Kier alpha value is -1.66. The molecule has 0 bridgehead atoms. The summed E-state index contributed by atoms with van der Waals surface area (Å²) in [5.74, 6) is -0.110. The Bertz CT molecular complexity index is 507. The first-order chi connectivity index (χ1) is 8.49. The summed E-state index contributed by atoms with van der Waals surface area (Å²) in [6.07, 6.45) is 0.803. The van der Waals surface area contributed by atoms with Crippen molar-refractivity contribution in [1.29, 1.82) is 0 Å². The lowest BCUT2D eigenvalue weighted by molar-refractivity contribution is -0.385. The largest absolute Gasteiger partial charge is 0.337 e. The lowest BCUT2D eigenvalue weighted by Gasteiger charge is -2.15. The van der Waals surface area contributed by atoms with Crippen LogP contribution in [0.3, 0.4) is 0 Å². The molecule has 0 radical (unpaired) electrons. The number of nitro benzene ring substituents is 1. The van der Waals surface area contributed by atoms with Crippen LogP contribution in [0.1, 0.15) is 22.3 Å². The predicted molar refractivity (Wildman–Crippen MR) is 73.6 cm³/mol. The molecule has 1 aliphatic heterocycles. The standard InChI is InChI=1S/C12H15N3O3.ClH/c1-8-6-9(2-3-11(8)15(17)18)12(16)14-5-4-10(13)7-14;/h2-3,6,10H,4-5,7,13H2,1H3;1H. The molecule has 2 rings (SSSR count). The van der Waals surface area contributed by atoms with Crippen LogP contribution in [-0.2, 0) is 0 Å². The molecule has 1 aromatic carbocycles. The number of nitro groups is 1. The van der Waals surface area contributed by atoms with Gasteiger partial charge in [0.1, 0.15) is 0 Å². The summed E-state index contributed by atoms with van der Waals surface area (Å²) in [4.78, 5) is 24.1. The third kappa shape index (κ3) is 3.21. The molecule has 1 amide bonds. The quantitative estimate of drug-likeness (QED) is 0.658. The van der Waals surface area contributed by atoms with Crippen molar-refractivity contribution in [2.24, 2.45) is 5.73 Å². The predicted octanol–water partition coefficient (Wildman–Crippen LogP) is 1.50. The third-order valence-corrected chi connectivity index (χ3v) is 3.15. The molecule has 1 aromatic rings. The molecule has 1 atom stereocenters. The van der Waals surface area contributed by atoms with Gasteiger partial charge in [-0.3, -0.25) is 14.9 Å². The Morgan fingerprint density at radius 1 is 1.53 bits per heavy atom. The first-order valence-electron chi connectivity index (χ1n) is 5.79. The normalized spacial score (nSPS) is 18.0. The zero-order valence-electron chi connectivity index (χ0n) is 10.5. The average molecular weight is 286 g/mol. The van der Waals surface area contributed by atoms with Crippen molar-refractivity contribution in [1.82, 2.24) is 4.90 Å². The zero-order valence-corrected chi connectivity index (χ0v) is 11.4. The summed E-state index contributed by atoms with van der Waals surface area (Å²) in [5, 5.41) is 10.7. The fraction of sp³-hybridized carbons (Fsp3) is 0.417. The number of hydrogen-bond acceptors (Lipinski definition) is 4. The fourth-order valence-corrected chi connectivity index (χ4v) is 2.15. The van der Waals surface area contributed by atoms with E-state index in [1.807, 2.05) is 0 Å². The number of aryl methyl sites for hydroxylation is 1. The lowest BCUT2D eigenvalue weighted by atomic mass is 10.1. The first-order valence-corrected chi connectivity index (χ1v) is 5.79. The number of rotatable bonds is 2. The van der Waals surface area contributed by atoms with Crippen LogP contribution < -0.4 is 5.73 Å². The van der Waals surface area contributed by atoms with Gasteiger partial charge >= 0.3 is 0 Å². The highest BCUT2D eigenvalue weighted by atomic mass is 35.5. The van der Waals surface area contributed by atoms with E-state index < -0.39 is 4.92 Å². The fourth-order valence-electron chi connectivity index (χ4n) is 2.15. The summed E-state index contributed by atoms with van der Waals surface area (Å²) in [6.45, 7) is 2.83. The molecule has 1 unspecified atom stereocenters. The Kier molecular flexibility index (Phi) is 4.85. The van der Waals surface area contributed by atoms with E-state index in [0.717, 1.165) is 6.42 Å². The molecular weight excluding hydrogens is 270 g/mol. The molecule has 6 nitrogen and oxygen atoms in total.